The van der Waals surface area contributed by atoms with Gasteiger partial charge < -0.3 is 0 Å². The molecule has 1 aromatic carbocycles. The van der Waals surface area contributed by atoms with Gasteiger partial charge in [-0.25, -0.2) is 0 Å². The van der Waals surface area contributed by atoms with Gasteiger partial charge in [-0.1, -0.05) is 24.3 Å². The Labute approximate surface area is 114 Å². The molecule has 4 rings (SSSR count). The van der Waals surface area contributed by atoms with Crippen molar-refractivity contribution in [1.29, 1.82) is 0 Å². The summed E-state index contributed by atoms with van der Waals surface area (Å²) in [6.45, 7) is 1.05. The molecule has 3 unspecified atom stereocenters. The molecule has 0 aliphatic carbocycles. The Morgan fingerprint density at radius 3 is 2.63 bits per heavy atom. The summed E-state index contributed by atoms with van der Waals surface area (Å²) in [5.74, 6) is 0.466. The predicted molar refractivity (Wildman–Crippen MR) is 74.1 cm³/mol. The van der Waals surface area contributed by atoms with Crippen molar-refractivity contribution in [2.24, 2.45) is 0 Å². The minimum absolute atomic E-state index is 0.329. The Hall–Kier alpha value is -1.19. The first-order valence-electron chi connectivity index (χ1n) is 7.43. The standard InChI is InChI=1S/C16H20N2O/c19-14-9-12-5-6-13(10-14)18(12)16-15-4-2-1-3-11(15)7-8-17-16/h1-4,12-13,16-17H,5-10H2/q+1. The minimum Gasteiger partial charge on any atom is -0.299 e. The van der Waals surface area contributed by atoms with Gasteiger partial charge in [-0.2, -0.15) is 0 Å². The third-order valence-electron chi connectivity index (χ3n) is 4.98. The number of carbonyl (C=O) groups excluding carboxylic acids is 1. The van der Waals surface area contributed by atoms with E-state index in [4.69, 9.17) is 0 Å². The summed E-state index contributed by atoms with van der Waals surface area (Å²) in [6.07, 6.45) is 5.35. The molecular weight excluding hydrogens is 236 g/mol. The Kier molecular flexibility index (Phi) is 2.71. The molecule has 99 valence electrons. The Balaban J connectivity index is 1.69. The van der Waals surface area contributed by atoms with Crippen molar-refractivity contribution in [1.82, 2.24) is 10.2 Å². The predicted octanol–water partition coefficient (Wildman–Crippen LogP) is 1.86. The van der Waals surface area contributed by atoms with Crippen LogP contribution in [0.3, 0.4) is 0 Å². The lowest BCUT2D eigenvalue weighted by Gasteiger charge is -2.34. The molecule has 0 saturated carbocycles. The lowest BCUT2D eigenvalue weighted by atomic mass is 9.93. The lowest BCUT2D eigenvalue weighted by molar-refractivity contribution is -0.122. The van der Waals surface area contributed by atoms with E-state index in [1.807, 2.05) is 0 Å². The molecule has 3 atom stereocenters. The van der Waals surface area contributed by atoms with Gasteiger partial charge in [0.05, 0.1) is 12.8 Å². The average molecular weight is 256 g/mol. The maximum Gasteiger partial charge on any atom is 0.213 e. The SMILES string of the molecule is O=C1CC2CCC(C1)[N+]2C1NCCc2ccccc21. The second-order valence-corrected chi connectivity index (χ2v) is 6.08. The van der Waals surface area contributed by atoms with Crippen molar-refractivity contribution < 1.29 is 4.79 Å². The normalized spacial score (nSPS) is 34.3. The largest absolute Gasteiger partial charge is 0.299 e. The smallest absolute Gasteiger partial charge is 0.213 e. The fourth-order valence-electron chi connectivity index (χ4n) is 4.17. The van der Waals surface area contributed by atoms with Crippen LogP contribution >= 0.6 is 0 Å². The van der Waals surface area contributed by atoms with Gasteiger partial charge in [0.1, 0.15) is 17.9 Å². The lowest BCUT2D eigenvalue weighted by Crippen LogP contribution is -2.55. The van der Waals surface area contributed by atoms with Crippen LogP contribution in [0.2, 0.25) is 0 Å². The molecule has 3 aliphatic rings. The van der Waals surface area contributed by atoms with Gasteiger partial charge in [0.15, 0.2) is 0 Å². The molecule has 2 fully saturated rings. The number of fused-ring (bicyclic) bond motifs is 3. The van der Waals surface area contributed by atoms with Gasteiger partial charge >= 0.3 is 0 Å². The number of Topliss-reactive ketones (excluding diaryl/α,β-unsaturated/α-hetero) is 1. The van der Waals surface area contributed by atoms with Crippen molar-refractivity contribution in [3.8, 4) is 0 Å². The van der Waals surface area contributed by atoms with E-state index in [9.17, 15) is 4.79 Å². The molecule has 1 aromatic rings. The summed E-state index contributed by atoms with van der Waals surface area (Å²) in [5, 5.41) is 3.68. The number of nitrogens with zero attached hydrogens (tertiary/aromatic N) is 1. The number of rotatable bonds is 1. The van der Waals surface area contributed by atoms with E-state index in [-0.39, 0.29) is 0 Å². The summed E-state index contributed by atoms with van der Waals surface area (Å²) in [5.41, 5.74) is 2.91. The van der Waals surface area contributed by atoms with E-state index >= 15 is 0 Å². The molecular formula is C16H20N2O+. The van der Waals surface area contributed by atoms with Crippen LogP contribution in [0.4, 0.5) is 0 Å². The molecule has 2 bridgehead atoms. The summed E-state index contributed by atoms with van der Waals surface area (Å²) < 4.78 is 0. The highest BCUT2D eigenvalue weighted by molar-refractivity contribution is 5.81. The molecule has 2 saturated heterocycles. The van der Waals surface area contributed by atoms with Crippen LogP contribution in [0.15, 0.2) is 24.3 Å². The number of ketones is 1. The van der Waals surface area contributed by atoms with Gasteiger partial charge in [0.2, 0.25) is 6.17 Å². The van der Waals surface area contributed by atoms with Gasteiger partial charge in [-0.05, 0) is 12.0 Å². The van der Waals surface area contributed by atoms with Gasteiger partial charge in [0.25, 0.3) is 0 Å². The van der Waals surface area contributed by atoms with Crippen molar-refractivity contribution in [3.63, 3.8) is 0 Å². The third kappa shape index (κ3) is 1.84. The molecule has 3 nitrogen and oxygen atoms in total. The van der Waals surface area contributed by atoms with Gasteiger partial charge in [0, 0.05) is 24.9 Å². The number of piperidine rings is 1. The van der Waals surface area contributed by atoms with E-state index in [1.54, 1.807) is 0 Å². The molecule has 1 N–H and O–H groups in total. The molecule has 3 heteroatoms. The Morgan fingerprint density at radius 1 is 1.11 bits per heavy atom. The van der Waals surface area contributed by atoms with E-state index < -0.39 is 0 Å². The van der Waals surface area contributed by atoms with Crippen LogP contribution < -0.4 is 10.2 Å². The third-order valence-corrected chi connectivity index (χ3v) is 4.98. The van der Waals surface area contributed by atoms with Crippen LogP contribution in [0.25, 0.3) is 0 Å². The van der Waals surface area contributed by atoms with Gasteiger partial charge in [-0.15, -0.1) is 4.90 Å². The molecule has 1 radical (unpaired) electrons. The maximum absolute atomic E-state index is 11.8. The zero-order valence-corrected chi connectivity index (χ0v) is 11.1. The summed E-state index contributed by atoms with van der Waals surface area (Å²) >= 11 is 0. The number of benzene rings is 1. The summed E-state index contributed by atoms with van der Waals surface area (Å²) in [7, 11) is 0. The van der Waals surface area contributed by atoms with Crippen molar-refractivity contribution in [3.05, 3.63) is 35.4 Å². The molecule has 3 heterocycles. The van der Waals surface area contributed by atoms with Crippen LogP contribution in [0, 0.1) is 0 Å². The summed E-state index contributed by atoms with van der Waals surface area (Å²) in [6, 6.07) is 9.71. The van der Waals surface area contributed by atoms with Gasteiger partial charge in [-0.3, -0.25) is 10.1 Å². The fourth-order valence-corrected chi connectivity index (χ4v) is 4.17. The highest BCUT2D eigenvalue weighted by Crippen LogP contribution is 2.38. The number of carbonyl (C=O) groups is 1. The zero-order chi connectivity index (χ0) is 12.8. The highest BCUT2D eigenvalue weighted by atomic mass is 16.1. The second kappa shape index (κ2) is 4.43. The van der Waals surface area contributed by atoms with E-state index in [0.717, 1.165) is 25.8 Å². The molecule has 19 heavy (non-hydrogen) atoms. The summed E-state index contributed by atoms with van der Waals surface area (Å²) in [4.78, 5) is 14.3. The van der Waals surface area contributed by atoms with E-state index in [1.165, 1.54) is 24.0 Å². The van der Waals surface area contributed by atoms with E-state index in [0.29, 0.717) is 24.0 Å². The zero-order valence-electron chi connectivity index (χ0n) is 11.1. The molecule has 0 aromatic heterocycles. The number of nitrogens with one attached hydrogen (secondary N) is 1. The Bertz CT molecular complexity index is 497. The molecule has 0 amide bonds. The monoisotopic (exact) mass is 256 g/mol. The first-order chi connectivity index (χ1) is 9.33. The first kappa shape index (κ1) is 11.6. The van der Waals surface area contributed by atoms with Crippen molar-refractivity contribution >= 4 is 5.78 Å². The highest BCUT2D eigenvalue weighted by Gasteiger charge is 2.53. The second-order valence-electron chi connectivity index (χ2n) is 6.08. The average Bonchev–Trinajstić information content (AvgIpc) is 2.70. The number of hydrogen-bond donors (Lipinski definition) is 1. The maximum atomic E-state index is 11.8. The number of hydrogen-bond acceptors (Lipinski definition) is 3. The van der Waals surface area contributed by atoms with Crippen molar-refractivity contribution in [2.75, 3.05) is 6.54 Å². The van der Waals surface area contributed by atoms with Crippen LogP contribution in [-0.2, 0) is 11.2 Å². The Morgan fingerprint density at radius 2 is 1.84 bits per heavy atom. The quantitative estimate of drug-likeness (QED) is 0.778. The molecule has 3 aliphatic heterocycles. The topological polar surface area (TPSA) is 35.0 Å². The van der Waals surface area contributed by atoms with Crippen LogP contribution in [0.5, 0.6) is 0 Å². The minimum atomic E-state index is 0.329. The first-order valence-corrected chi connectivity index (χ1v) is 7.43. The van der Waals surface area contributed by atoms with Crippen LogP contribution in [-0.4, -0.2) is 24.4 Å². The van der Waals surface area contributed by atoms with Crippen molar-refractivity contribution in [2.45, 2.75) is 50.4 Å². The van der Waals surface area contributed by atoms with Crippen LogP contribution in [0.1, 0.15) is 43.0 Å². The molecule has 0 spiro atoms. The van der Waals surface area contributed by atoms with E-state index in [2.05, 4.69) is 34.5 Å². The fraction of sp³-hybridized carbons (Fsp3) is 0.562.